The molecule has 3 unspecified atom stereocenters. The van der Waals surface area contributed by atoms with Gasteiger partial charge in [0.1, 0.15) is 23.6 Å². The molecule has 0 spiro atoms. The minimum atomic E-state index is -2.15. The Labute approximate surface area is 225 Å². The molecular formula is C29H45NO8. The van der Waals surface area contributed by atoms with Crippen molar-refractivity contribution in [2.24, 2.45) is 5.92 Å². The molecular weight excluding hydrogens is 490 g/mol. The van der Waals surface area contributed by atoms with Gasteiger partial charge in [0.25, 0.3) is 0 Å². The maximum atomic E-state index is 12.0. The fourth-order valence-corrected chi connectivity index (χ4v) is 7.44. The van der Waals surface area contributed by atoms with E-state index >= 15 is 0 Å². The second kappa shape index (κ2) is 10.9. The molecule has 4 aliphatic rings. The van der Waals surface area contributed by atoms with Crippen molar-refractivity contribution in [1.29, 1.82) is 0 Å². The van der Waals surface area contributed by atoms with E-state index in [2.05, 4.69) is 11.4 Å². The first kappa shape index (κ1) is 28.2. The van der Waals surface area contributed by atoms with Gasteiger partial charge >= 0.3 is 0 Å². The predicted octanol–water partition coefficient (Wildman–Crippen LogP) is 1.58. The van der Waals surface area contributed by atoms with Crippen LogP contribution in [0.3, 0.4) is 0 Å². The number of methoxy groups -OCH3 is 1. The Morgan fingerprint density at radius 1 is 1.05 bits per heavy atom. The Morgan fingerprint density at radius 2 is 1.79 bits per heavy atom. The summed E-state index contributed by atoms with van der Waals surface area (Å²) >= 11 is 0. The molecule has 2 heterocycles. The van der Waals surface area contributed by atoms with Crippen LogP contribution in [0.5, 0.6) is 5.75 Å². The molecule has 9 heteroatoms. The Hall–Kier alpha value is -1.30. The molecule has 0 aromatic heterocycles. The molecule has 1 aromatic rings. The summed E-state index contributed by atoms with van der Waals surface area (Å²) in [4.78, 5) is 0. The Bertz CT molecular complexity index is 992. The largest absolute Gasteiger partial charge is 0.496 e. The summed E-state index contributed by atoms with van der Waals surface area (Å²) < 4.78 is 24.0. The smallest absolute Gasteiger partial charge is 0.248 e. The normalized spacial score (nSPS) is 42.6. The summed E-state index contributed by atoms with van der Waals surface area (Å²) in [6.07, 6.45) is 1.54. The number of hydrogen-bond donors (Lipinski definition) is 5. The lowest BCUT2D eigenvalue weighted by molar-refractivity contribution is -0.485. The van der Waals surface area contributed by atoms with Crippen LogP contribution in [0.15, 0.2) is 12.1 Å². The lowest BCUT2D eigenvalue weighted by atomic mass is 9.73. The van der Waals surface area contributed by atoms with Crippen molar-refractivity contribution in [3.05, 3.63) is 28.8 Å². The highest BCUT2D eigenvalue weighted by molar-refractivity contribution is 5.46. The topological polar surface area (TPSA) is 130 Å². The van der Waals surface area contributed by atoms with Crippen LogP contribution in [-0.2, 0) is 33.5 Å². The van der Waals surface area contributed by atoms with Gasteiger partial charge in [-0.1, -0.05) is 13.0 Å². The van der Waals surface area contributed by atoms with Gasteiger partial charge in [0.15, 0.2) is 0 Å². The fourth-order valence-electron chi connectivity index (χ4n) is 7.44. The SMILES string of the molecule is CC[C@@H]1[C@H](O)[C@H](NC)C2O[C@]3(O)C(OC2[C@H]1O)O[C@H](C)C[C@@]3(O)CCCc1ccc(OC)c2c1CCCC2. The van der Waals surface area contributed by atoms with Gasteiger partial charge in [-0.15, -0.1) is 0 Å². The number of aryl methyl sites for hydroxylation is 1. The molecule has 38 heavy (non-hydrogen) atoms. The third-order valence-corrected chi connectivity index (χ3v) is 9.47. The van der Waals surface area contributed by atoms with Crippen molar-refractivity contribution in [3.63, 3.8) is 0 Å². The molecule has 1 saturated carbocycles. The van der Waals surface area contributed by atoms with Crippen LogP contribution < -0.4 is 10.1 Å². The van der Waals surface area contributed by atoms with E-state index < -0.39 is 54.1 Å². The van der Waals surface area contributed by atoms with Crippen molar-refractivity contribution < 1.29 is 39.4 Å². The summed E-state index contributed by atoms with van der Waals surface area (Å²) in [5.41, 5.74) is 2.27. The van der Waals surface area contributed by atoms with E-state index in [1.165, 1.54) is 16.7 Å². The number of nitrogens with one attached hydrogen (secondary N) is 1. The standard InChI is InChI=1S/C29H45NO8/c1-5-18-23(31)22(30-3)25-26(24(18)32)37-27-29(34,38-25)28(33,15-16(2)36-27)14-8-9-17-12-13-21(35-4)20-11-7-6-10-19(17)20/h12-13,16,18,22-27,30-34H,5-11,14-15H2,1-4H3/t16-,18-,22+,23+,24+,25?,26?,27?,28+,29-/m1/s1. The molecule has 10 atom stereocenters. The maximum Gasteiger partial charge on any atom is 0.248 e. The Balaban J connectivity index is 1.37. The molecule has 2 saturated heterocycles. The van der Waals surface area contributed by atoms with E-state index in [0.717, 1.165) is 37.9 Å². The van der Waals surface area contributed by atoms with Gasteiger partial charge in [-0.2, -0.15) is 0 Å². The molecule has 214 valence electrons. The molecule has 2 aliphatic carbocycles. The zero-order chi connectivity index (χ0) is 27.2. The molecule has 5 rings (SSSR count). The summed E-state index contributed by atoms with van der Waals surface area (Å²) in [6, 6.07) is 3.56. The Kier molecular flexibility index (Phi) is 8.12. The lowest BCUT2D eigenvalue weighted by Gasteiger charge is -2.60. The first-order chi connectivity index (χ1) is 18.2. The number of ether oxygens (including phenoxy) is 4. The highest BCUT2D eigenvalue weighted by Crippen LogP contribution is 2.49. The fraction of sp³-hybridized carbons (Fsp3) is 0.793. The van der Waals surface area contributed by atoms with Crippen LogP contribution in [0.2, 0.25) is 0 Å². The van der Waals surface area contributed by atoms with Crippen molar-refractivity contribution >= 4 is 0 Å². The van der Waals surface area contributed by atoms with Crippen molar-refractivity contribution in [2.75, 3.05) is 14.2 Å². The van der Waals surface area contributed by atoms with Gasteiger partial charge < -0.3 is 44.7 Å². The number of benzene rings is 1. The van der Waals surface area contributed by atoms with E-state index in [0.29, 0.717) is 12.8 Å². The number of rotatable bonds is 7. The van der Waals surface area contributed by atoms with Gasteiger partial charge in [0.05, 0.1) is 31.5 Å². The molecule has 0 amide bonds. The zero-order valence-electron chi connectivity index (χ0n) is 23.1. The van der Waals surface area contributed by atoms with Crippen LogP contribution in [0, 0.1) is 5.92 Å². The number of hydrogen-bond acceptors (Lipinski definition) is 9. The zero-order valence-corrected chi connectivity index (χ0v) is 23.1. The van der Waals surface area contributed by atoms with E-state index in [1.807, 2.05) is 19.9 Å². The second-order valence-corrected chi connectivity index (χ2v) is 11.7. The third kappa shape index (κ3) is 4.59. The summed E-state index contributed by atoms with van der Waals surface area (Å²) in [7, 11) is 3.42. The molecule has 2 aliphatic heterocycles. The van der Waals surface area contributed by atoms with E-state index in [-0.39, 0.29) is 18.9 Å². The first-order valence-corrected chi connectivity index (χ1v) is 14.3. The number of aliphatic hydroxyl groups excluding tert-OH is 2. The highest BCUT2D eigenvalue weighted by Gasteiger charge is 2.68. The van der Waals surface area contributed by atoms with Crippen LogP contribution in [0.4, 0.5) is 0 Å². The van der Waals surface area contributed by atoms with E-state index in [1.54, 1.807) is 14.2 Å². The molecule has 0 bridgehead atoms. The summed E-state index contributed by atoms with van der Waals surface area (Å²) in [5, 5.41) is 48.9. The third-order valence-electron chi connectivity index (χ3n) is 9.47. The van der Waals surface area contributed by atoms with E-state index in [9.17, 15) is 20.4 Å². The minimum absolute atomic E-state index is 0.175. The van der Waals surface area contributed by atoms with Crippen LogP contribution in [-0.4, -0.2) is 88.8 Å². The van der Waals surface area contributed by atoms with Gasteiger partial charge in [-0.25, -0.2) is 0 Å². The number of likely N-dealkylation sites (N-methyl/N-ethyl adjacent to an activating group) is 1. The van der Waals surface area contributed by atoms with E-state index in [4.69, 9.17) is 18.9 Å². The van der Waals surface area contributed by atoms with Gasteiger partial charge in [0, 0.05) is 12.3 Å². The minimum Gasteiger partial charge on any atom is -0.496 e. The first-order valence-electron chi connectivity index (χ1n) is 14.3. The summed E-state index contributed by atoms with van der Waals surface area (Å²) in [5.74, 6) is -1.62. The average molecular weight is 536 g/mol. The molecule has 1 aromatic carbocycles. The Morgan fingerprint density at radius 3 is 2.47 bits per heavy atom. The van der Waals surface area contributed by atoms with Crippen LogP contribution >= 0.6 is 0 Å². The average Bonchev–Trinajstić information content (AvgIpc) is 2.89. The van der Waals surface area contributed by atoms with Crippen molar-refractivity contribution in [3.8, 4) is 5.75 Å². The maximum absolute atomic E-state index is 12.0. The highest BCUT2D eigenvalue weighted by atomic mass is 16.8. The quantitative estimate of drug-likeness (QED) is 0.353. The number of fused-ring (bicyclic) bond motifs is 3. The molecule has 3 fully saturated rings. The molecule has 5 N–H and O–H groups in total. The van der Waals surface area contributed by atoms with Crippen LogP contribution in [0.25, 0.3) is 0 Å². The van der Waals surface area contributed by atoms with Gasteiger partial charge in [-0.3, -0.25) is 0 Å². The van der Waals surface area contributed by atoms with Crippen molar-refractivity contribution in [1.82, 2.24) is 5.32 Å². The van der Waals surface area contributed by atoms with Crippen LogP contribution in [0.1, 0.15) is 69.1 Å². The lowest BCUT2D eigenvalue weighted by Crippen LogP contribution is -2.78. The number of aliphatic hydroxyl groups is 4. The van der Waals surface area contributed by atoms with Crippen molar-refractivity contribution in [2.45, 2.75) is 126 Å². The second-order valence-electron chi connectivity index (χ2n) is 11.7. The molecule has 9 nitrogen and oxygen atoms in total. The molecule has 0 radical (unpaired) electrons. The monoisotopic (exact) mass is 535 g/mol. The predicted molar refractivity (Wildman–Crippen MR) is 140 cm³/mol. The van der Waals surface area contributed by atoms with Gasteiger partial charge in [-0.05, 0) is 88.1 Å². The van der Waals surface area contributed by atoms with Gasteiger partial charge in [0.2, 0.25) is 12.1 Å². The summed E-state index contributed by atoms with van der Waals surface area (Å²) in [6.45, 7) is 3.74.